The summed E-state index contributed by atoms with van der Waals surface area (Å²) in [4.78, 5) is 43.7. The van der Waals surface area contributed by atoms with Crippen LogP contribution in [0.5, 0.6) is 0 Å². The largest absolute Gasteiger partial charge is 0.343 e. The van der Waals surface area contributed by atoms with Crippen LogP contribution in [-0.2, 0) is 4.79 Å². The first-order valence-electron chi connectivity index (χ1n) is 8.29. The Balaban J connectivity index is 2.06. The maximum absolute atomic E-state index is 12.6. The monoisotopic (exact) mass is 422 g/mol. The number of benzene rings is 1. The molecule has 28 heavy (non-hydrogen) atoms. The minimum absolute atomic E-state index is 0.170. The van der Waals surface area contributed by atoms with Gasteiger partial charge in [-0.1, -0.05) is 23.2 Å². The molecule has 3 amide bonds. The van der Waals surface area contributed by atoms with Crippen molar-refractivity contribution in [3.8, 4) is 0 Å². The molecule has 148 valence electrons. The van der Waals surface area contributed by atoms with E-state index in [2.05, 4.69) is 10.3 Å². The van der Waals surface area contributed by atoms with Gasteiger partial charge in [0.15, 0.2) is 0 Å². The Morgan fingerprint density at radius 1 is 1.00 bits per heavy atom. The van der Waals surface area contributed by atoms with E-state index in [4.69, 9.17) is 23.2 Å². The number of amides is 3. The zero-order chi connectivity index (χ0) is 21.0. The molecule has 0 saturated heterocycles. The van der Waals surface area contributed by atoms with Crippen LogP contribution in [0.2, 0.25) is 10.0 Å². The molecule has 7 nitrogen and oxygen atoms in total. The third-order valence-corrected chi connectivity index (χ3v) is 4.61. The van der Waals surface area contributed by atoms with Gasteiger partial charge in [0, 0.05) is 26.8 Å². The lowest BCUT2D eigenvalue weighted by atomic mass is 10.1. The van der Waals surface area contributed by atoms with E-state index < -0.39 is 0 Å². The van der Waals surface area contributed by atoms with Crippen molar-refractivity contribution in [2.75, 3.05) is 33.0 Å². The van der Waals surface area contributed by atoms with Crippen LogP contribution in [0.25, 0.3) is 0 Å². The molecule has 1 aromatic carbocycles. The zero-order valence-corrected chi connectivity index (χ0v) is 17.4. The van der Waals surface area contributed by atoms with Crippen molar-refractivity contribution in [1.82, 2.24) is 14.8 Å². The standard InChI is InChI=1S/C19H20Cl2N4O3/c1-11-13(6-8-16(22-11)19(28)24(2)3)18(27)25(4)10-17(26)23-12-5-7-14(20)15(21)9-12/h5-9H,10H2,1-4H3,(H,23,26). The van der Waals surface area contributed by atoms with Gasteiger partial charge in [-0.25, -0.2) is 4.98 Å². The Hall–Kier alpha value is -2.64. The summed E-state index contributed by atoms with van der Waals surface area (Å²) in [6.07, 6.45) is 0. The fourth-order valence-corrected chi connectivity index (χ4v) is 2.70. The minimum Gasteiger partial charge on any atom is -0.343 e. The molecule has 0 unspecified atom stereocenters. The average Bonchev–Trinajstić information content (AvgIpc) is 2.63. The van der Waals surface area contributed by atoms with E-state index in [9.17, 15) is 14.4 Å². The van der Waals surface area contributed by atoms with Gasteiger partial charge >= 0.3 is 0 Å². The first-order valence-corrected chi connectivity index (χ1v) is 9.05. The van der Waals surface area contributed by atoms with E-state index in [1.54, 1.807) is 33.2 Å². The Bertz CT molecular complexity index is 931. The van der Waals surface area contributed by atoms with Crippen molar-refractivity contribution in [3.05, 3.63) is 57.3 Å². The highest BCUT2D eigenvalue weighted by atomic mass is 35.5. The number of likely N-dealkylation sites (N-methyl/N-ethyl adjacent to an activating group) is 1. The van der Waals surface area contributed by atoms with Gasteiger partial charge in [-0.2, -0.15) is 0 Å². The van der Waals surface area contributed by atoms with Crippen molar-refractivity contribution in [3.63, 3.8) is 0 Å². The normalized spacial score (nSPS) is 10.4. The van der Waals surface area contributed by atoms with Crippen molar-refractivity contribution in [2.45, 2.75) is 6.92 Å². The second kappa shape index (κ2) is 9.03. The number of halogens is 2. The first kappa shape index (κ1) is 21.7. The molecule has 9 heteroatoms. The maximum atomic E-state index is 12.6. The number of pyridine rings is 1. The molecule has 0 aliphatic heterocycles. The molecule has 1 N–H and O–H groups in total. The molecule has 1 aromatic heterocycles. The molecular formula is C19H20Cl2N4O3. The van der Waals surface area contributed by atoms with Gasteiger partial charge in [-0.05, 0) is 37.3 Å². The molecule has 2 aromatic rings. The zero-order valence-electron chi connectivity index (χ0n) is 15.9. The van der Waals surface area contributed by atoms with Gasteiger partial charge in [0.05, 0.1) is 27.8 Å². The quantitative estimate of drug-likeness (QED) is 0.801. The number of nitrogens with zero attached hydrogens (tertiary/aromatic N) is 3. The highest BCUT2D eigenvalue weighted by Gasteiger charge is 2.19. The molecule has 2 rings (SSSR count). The van der Waals surface area contributed by atoms with Crippen molar-refractivity contribution in [1.29, 1.82) is 0 Å². The average molecular weight is 423 g/mol. The van der Waals surface area contributed by atoms with Crippen molar-refractivity contribution < 1.29 is 14.4 Å². The minimum atomic E-state index is -0.390. The van der Waals surface area contributed by atoms with Gasteiger partial charge in [0.2, 0.25) is 5.91 Å². The van der Waals surface area contributed by atoms with E-state index >= 15 is 0 Å². The highest BCUT2D eigenvalue weighted by molar-refractivity contribution is 6.42. The van der Waals surface area contributed by atoms with E-state index in [0.29, 0.717) is 27.0 Å². The van der Waals surface area contributed by atoms with Crippen LogP contribution >= 0.6 is 23.2 Å². The number of aryl methyl sites for hydroxylation is 1. The third kappa shape index (κ3) is 5.21. The van der Waals surface area contributed by atoms with Crippen LogP contribution < -0.4 is 5.32 Å². The Labute approximate surface area is 173 Å². The van der Waals surface area contributed by atoms with Gasteiger partial charge < -0.3 is 15.1 Å². The van der Waals surface area contributed by atoms with Crippen molar-refractivity contribution in [2.24, 2.45) is 0 Å². The summed E-state index contributed by atoms with van der Waals surface area (Å²) in [6, 6.07) is 7.74. The number of rotatable bonds is 5. The molecule has 0 atom stereocenters. The lowest BCUT2D eigenvalue weighted by molar-refractivity contribution is -0.116. The molecule has 1 heterocycles. The van der Waals surface area contributed by atoms with E-state index in [0.717, 1.165) is 0 Å². The number of nitrogens with one attached hydrogen (secondary N) is 1. The molecule has 0 fully saturated rings. The van der Waals surface area contributed by atoms with E-state index in [-0.39, 0.29) is 30.0 Å². The topological polar surface area (TPSA) is 82.6 Å². The SMILES string of the molecule is Cc1nc(C(=O)N(C)C)ccc1C(=O)N(C)CC(=O)Nc1ccc(Cl)c(Cl)c1. The van der Waals surface area contributed by atoms with Crippen LogP contribution in [0.1, 0.15) is 26.5 Å². The van der Waals surface area contributed by atoms with E-state index in [1.165, 1.54) is 35.0 Å². The number of hydrogen-bond acceptors (Lipinski definition) is 4. The summed E-state index contributed by atoms with van der Waals surface area (Å²) in [6.45, 7) is 1.47. The molecule has 0 aliphatic carbocycles. The highest BCUT2D eigenvalue weighted by Crippen LogP contribution is 2.25. The molecule has 0 saturated carbocycles. The summed E-state index contributed by atoms with van der Waals surface area (Å²) < 4.78 is 0. The number of anilines is 1. The Morgan fingerprint density at radius 3 is 2.25 bits per heavy atom. The Morgan fingerprint density at radius 2 is 1.68 bits per heavy atom. The number of hydrogen-bond donors (Lipinski definition) is 1. The second-order valence-electron chi connectivity index (χ2n) is 6.37. The lowest BCUT2D eigenvalue weighted by Crippen LogP contribution is -2.35. The summed E-state index contributed by atoms with van der Waals surface area (Å²) in [5, 5.41) is 3.35. The predicted octanol–water partition coefficient (Wildman–Crippen LogP) is 3.11. The maximum Gasteiger partial charge on any atom is 0.271 e. The predicted molar refractivity (Wildman–Crippen MR) is 109 cm³/mol. The summed E-state index contributed by atoms with van der Waals surface area (Å²) in [5.41, 5.74) is 1.46. The molecule has 0 aliphatic rings. The summed E-state index contributed by atoms with van der Waals surface area (Å²) >= 11 is 11.8. The fourth-order valence-electron chi connectivity index (χ4n) is 2.40. The van der Waals surface area contributed by atoms with Crippen LogP contribution in [0, 0.1) is 6.92 Å². The molecule has 0 bridgehead atoms. The van der Waals surface area contributed by atoms with Crippen LogP contribution in [0.4, 0.5) is 5.69 Å². The second-order valence-corrected chi connectivity index (χ2v) is 7.18. The van der Waals surface area contributed by atoms with E-state index in [1.807, 2.05) is 0 Å². The third-order valence-electron chi connectivity index (χ3n) is 3.87. The first-order chi connectivity index (χ1) is 13.1. The Kier molecular flexibility index (Phi) is 6.99. The summed E-state index contributed by atoms with van der Waals surface area (Å²) in [7, 11) is 4.76. The van der Waals surface area contributed by atoms with Gasteiger partial charge in [-0.3, -0.25) is 14.4 Å². The lowest BCUT2D eigenvalue weighted by Gasteiger charge is -2.18. The smallest absolute Gasteiger partial charge is 0.271 e. The van der Waals surface area contributed by atoms with Crippen LogP contribution in [0.15, 0.2) is 30.3 Å². The summed E-state index contributed by atoms with van der Waals surface area (Å²) in [5.74, 6) is -1.02. The molecule has 0 radical (unpaired) electrons. The molecule has 0 spiro atoms. The number of carbonyl (C=O) groups is 3. The van der Waals surface area contributed by atoms with Gasteiger partial charge in [0.25, 0.3) is 11.8 Å². The number of aromatic nitrogens is 1. The fraction of sp³-hybridized carbons (Fsp3) is 0.263. The molecular weight excluding hydrogens is 403 g/mol. The number of carbonyl (C=O) groups excluding carboxylic acids is 3. The van der Waals surface area contributed by atoms with Gasteiger partial charge in [-0.15, -0.1) is 0 Å². The van der Waals surface area contributed by atoms with Gasteiger partial charge in [0.1, 0.15) is 5.69 Å². The van der Waals surface area contributed by atoms with Crippen LogP contribution in [-0.4, -0.2) is 60.2 Å². The van der Waals surface area contributed by atoms with Crippen LogP contribution in [0.3, 0.4) is 0 Å². The van der Waals surface area contributed by atoms with Crippen molar-refractivity contribution >= 4 is 46.6 Å².